The van der Waals surface area contributed by atoms with E-state index < -0.39 is 10.0 Å². The van der Waals surface area contributed by atoms with Gasteiger partial charge in [-0.15, -0.1) is 0 Å². The van der Waals surface area contributed by atoms with Crippen LogP contribution in [0, 0.1) is 5.92 Å². The molecule has 1 aliphatic rings. The van der Waals surface area contributed by atoms with Gasteiger partial charge in [0.05, 0.1) is 24.1 Å². The Labute approximate surface area is 154 Å². The van der Waals surface area contributed by atoms with Crippen molar-refractivity contribution in [3.63, 3.8) is 0 Å². The molecule has 26 heavy (non-hydrogen) atoms. The van der Waals surface area contributed by atoms with Gasteiger partial charge in [0.25, 0.3) is 0 Å². The van der Waals surface area contributed by atoms with Crippen molar-refractivity contribution in [2.75, 3.05) is 26.4 Å². The molecule has 1 aromatic carbocycles. The van der Waals surface area contributed by atoms with Crippen LogP contribution in [0.5, 0.6) is 0 Å². The standard InChI is InChI=1S/C18H24N4O3S/c1-20(18(23)16-7-6-10-21(14-16)26(2,24)25)12-15-11-19-22(13-15)17-8-4-3-5-9-17/h3-5,8-9,11,13,16H,6-7,10,12,14H2,1-2H3. The summed E-state index contributed by atoms with van der Waals surface area (Å²) < 4.78 is 26.7. The van der Waals surface area contributed by atoms with E-state index >= 15 is 0 Å². The average molecular weight is 376 g/mol. The maximum Gasteiger partial charge on any atom is 0.227 e. The number of sulfonamides is 1. The minimum atomic E-state index is -3.25. The van der Waals surface area contributed by atoms with Crippen molar-refractivity contribution in [3.05, 3.63) is 48.3 Å². The first kappa shape index (κ1) is 18.6. The first-order valence-corrected chi connectivity index (χ1v) is 10.5. The van der Waals surface area contributed by atoms with Gasteiger partial charge in [-0.2, -0.15) is 5.10 Å². The predicted molar refractivity (Wildman–Crippen MR) is 99.2 cm³/mol. The van der Waals surface area contributed by atoms with Crippen LogP contribution in [0.4, 0.5) is 0 Å². The Morgan fingerprint density at radius 2 is 2.04 bits per heavy atom. The maximum atomic E-state index is 12.7. The zero-order valence-electron chi connectivity index (χ0n) is 15.1. The maximum absolute atomic E-state index is 12.7. The lowest BCUT2D eigenvalue weighted by Crippen LogP contribution is -2.45. The van der Waals surface area contributed by atoms with Gasteiger partial charge >= 0.3 is 0 Å². The molecule has 0 bridgehead atoms. The molecule has 140 valence electrons. The van der Waals surface area contributed by atoms with Gasteiger partial charge < -0.3 is 4.90 Å². The number of benzene rings is 1. The van der Waals surface area contributed by atoms with Crippen molar-refractivity contribution < 1.29 is 13.2 Å². The normalized spacial score (nSPS) is 18.6. The summed E-state index contributed by atoms with van der Waals surface area (Å²) in [6.07, 6.45) is 6.28. The van der Waals surface area contributed by atoms with Crippen molar-refractivity contribution in [3.8, 4) is 5.69 Å². The molecule has 7 nitrogen and oxygen atoms in total. The van der Waals surface area contributed by atoms with Gasteiger partial charge in [0.2, 0.25) is 15.9 Å². The fourth-order valence-corrected chi connectivity index (χ4v) is 4.18. The fourth-order valence-electron chi connectivity index (χ4n) is 3.27. The summed E-state index contributed by atoms with van der Waals surface area (Å²) in [6.45, 7) is 1.21. The molecule has 0 saturated carbocycles. The van der Waals surface area contributed by atoms with E-state index in [1.807, 2.05) is 36.5 Å². The Morgan fingerprint density at radius 3 is 2.73 bits per heavy atom. The summed E-state index contributed by atoms with van der Waals surface area (Å²) >= 11 is 0. The van der Waals surface area contributed by atoms with E-state index in [0.717, 1.165) is 17.7 Å². The number of aromatic nitrogens is 2. The highest BCUT2D eigenvalue weighted by Gasteiger charge is 2.31. The zero-order chi connectivity index (χ0) is 18.7. The minimum Gasteiger partial charge on any atom is -0.341 e. The summed E-state index contributed by atoms with van der Waals surface area (Å²) in [4.78, 5) is 14.4. The molecule has 1 fully saturated rings. The molecule has 0 radical (unpaired) electrons. The molecule has 1 unspecified atom stereocenters. The molecule has 0 aliphatic carbocycles. The van der Waals surface area contributed by atoms with E-state index in [9.17, 15) is 13.2 Å². The third kappa shape index (κ3) is 4.31. The Hall–Kier alpha value is -2.19. The Kier molecular flexibility index (Phi) is 5.43. The lowest BCUT2D eigenvalue weighted by molar-refractivity contribution is -0.135. The Bertz CT molecular complexity index is 864. The lowest BCUT2D eigenvalue weighted by Gasteiger charge is -2.32. The number of carbonyl (C=O) groups excluding carboxylic acids is 1. The molecule has 8 heteroatoms. The van der Waals surface area contributed by atoms with Crippen LogP contribution in [0.15, 0.2) is 42.7 Å². The molecule has 2 aromatic rings. The van der Waals surface area contributed by atoms with E-state index in [1.54, 1.807) is 22.8 Å². The first-order valence-electron chi connectivity index (χ1n) is 8.63. The van der Waals surface area contributed by atoms with Crippen LogP contribution in [0.25, 0.3) is 5.69 Å². The highest BCUT2D eigenvalue weighted by atomic mass is 32.2. The van der Waals surface area contributed by atoms with E-state index in [-0.39, 0.29) is 18.4 Å². The molecule has 0 N–H and O–H groups in total. The van der Waals surface area contributed by atoms with Gasteiger partial charge in [0, 0.05) is 38.4 Å². The highest BCUT2D eigenvalue weighted by molar-refractivity contribution is 7.88. The molecular weight excluding hydrogens is 352 g/mol. The lowest BCUT2D eigenvalue weighted by atomic mass is 9.98. The largest absolute Gasteiger partial charge is 0.341 e. The van der Waals surface area contributed by atoms with Crippen LogP contribution in [-0.2, 0) is 21.4 Å². The van der Waals surface area contributed by atoms with E-state index in [1.165, 1.54) is 10.6 Å². The number of nitrogens with zero attached hydrogens (tertiary/aromatic N) is 4. The van der Waals surface area contributed by atoms with Gasteiger partial charge in [-0.3, -0.25) is 4.79 Å². The Morgan fingerprint density at radius 1 is 1.31 bits per heavy atom. The number of amides is 1. The van der Waals surface area contributed by atoms with Gasteiger partial charge in [0.15, 0.2) is 0 Å². The second-order valence-electron chi connectivity index (χ2n) is 6.78. The van der Waals surface area contributed by atoms with E-state index in [0.29, 0.717) is 19.5 Å². The molecule has 2 heterocycles. The van der Waals surface area contributed by atoms with Crippen LogP contribution in [0.1, 0.15) is 18.4 Å². The van der Waals surface area contributed by atoms with Crippen LogP contribution in [-0.4, -0.2) is 59.7 Å². The number of carbonyl (C=O) groups is 1. The SMILES string of the molecule is CN(Cc1cnn(-c2ccccc2)c1)C(=O)C1CCCN(S(C)(=O)=O)C1. The fraction of sp³-hybridized carbons (Fsp3) is 0.444. The second-order valence-corrected chi connectivity index (χ2v) is 8.77. The second kappa shape index (κ2) is 7.59. The predicted octanol–water partition coefficient (Wildman–Crippen LogP) is 1.50. The number of piperidine rings is 1. The summed E-state index contributed by atoms with van der Waals surface area (Å²) in [6, 6.07) is 9.77. The van der Waals surface area contributed by atoms with Gasteiger partial charge in [-0.25, -0.2) is 17.4 Å². The van der Waals surface area contributed by atoms with Gasteiger partial charge in [-0.1, -0.05) is 18.2 Å². The van der Waals surface area contributed by atoms with Crippen molar-refractivity contribution in [2.45, 2.75) is 19.4 Å². The molecule has 1 atom stereocenters. The molecule has 1 amide bonds. The first-order chi connectivity index (χ1) is 12.3. The molecule has 1 aromatic heterocycles. The summed E-state index contributed by atoms with van der Waals surface area (Å²) in [5, 5.41) is 4.35. The summed E-state index contributed by atoms with van der Waals surface area (Å²) in [7, 11) is -1.50. The van der Waals surface area contributed by atoms with Crippen molar-refractivity contribution in [1.82, 2.24) is 19.0 Å². The Balaban J connectivity index is 1.64. The average Bonchev–Trinajstić information content (AvgIpc) is 3.09. The smallest absolute Gasteiger partial charge is 0.227 e. The van der Waals surface area contributed by atoms with Gasteiger partial charge in [-0.05, 0) is 25.0 Å². The van der Waals surface area contributed by atoms with Crippen LogP contribution in [0.3, 0.4) is 0 Å². The minimum absolute atomic E-state index is 0.0224. The van der Waals surface area contributed by atoms with Crippen LogP contribution < -0.4 is 0 Å². The third-order valence-electron chi connectivity index (χ3n) is 4.66. The highest BCUT2D eigenvalue weighted by Crippen LogP contribution is 2.21. The zero-order valence-corrected chi connectivity index (χ0v) is 15.9. The number of hydrogen-bond donors (Lipinski definition) is 0. The van der Waals surface area contributed by atoms with Crippen molar-refractivity contribution in [1.29, 1.82) is 0 Å². The number of para-hydroxylation sites is 1. The molecule has 0 spiro atoms. The van der Waals surface area contributed by atoms with E-state index in [4.69, 9.17) is 0 Å². The molecular formula is C18H24N4O3S. The summed E-state index contributed by atoms with van der Waals surface area (Å²) in [5.74, 6) is -0.307. The molecule has 3 rings (SSSR count). The van der Waals surface area contributed by atoms with Crippen molar-refractivity contribution >= 4 is 15.9 Å². The van der Waals surface area contributed by atoms with Gasteiger partial charge in [0.1, 0.15) is 0 Å². The molecule has 1 saturated heterocycles. The summed E-state index contributed by atoms with van der Waals surface area (Å²) in [5.41, 5.74) is 1.89. The monoisotopic (exact) mass is 376 g/mol. The quantitative estimate of drug-likeness (QED) is 0.793. The van der Waals surface area contributed by atoms with Crippen LogP contribution in [0.2, 0.25) is 0 Å². The molecule has 1 aliphatic heterocycles. The van der Waals surface area contributed by atoms with Crippen molar-refractivity contribution in [2.24, 2.45) is 5.92 Å². The van der Waals surface area contributed by atoms with E-state index in [2.05, 4.69) is 5.10 Å². The topological polar surface area (TPSA) is 75.5 Å². The third-order valence-corrected chi connectivity index (χ3v) is 5.92. The van der Waals surface area contributed by atoms with Crippen LogP contribution >= 0.6 is 0 Å². The number of rotatable bonds is 5. The number of hydrogen-bond acceptors (Lipinski definition) is 4.